The summed E-state index contributed by atoms with van der Waals surface area (Å²) < 4.78 is 12.9. The van der Waals surface area contributed by atoms with Gasteiger partial charge in [-0.05, 0) is 61.7 Å². The fourth-order valence-corrected chi connectivity index (χ4v) is 2.41. The van der Waals surface area contributed by atoms with Crippen LogP contribution >= 0.6 is 0 Å². The van der Waals surface area contributed by atoms with Crippen molar-refractivity contribution in [3.8, 4) is 0 Å². The highest BCUT2D eigenvalue weighted by molar-refractivity contribution is 5.96. The number of amides is 2. The van der Waals surface area contributed by atoms with E-state index in [1.54, 1.807) is 36.4 Å². The Labute approximate surface area is 140 Å². The molecule has 1 aliphatic rings. The van der Waals surface area contributed by atoms with E-state index in [9.17, 15) is 14.0 Å². The predicted octanol–water partition coefficient (Wildman–Crippen LogP) is 3.67. The summed E-state index contributed by atoms with van der Waals surface area (Å²) in [6, 6.07) is 12.6. The van der Waals surface area contributed by atoms with Gasteiger partial charge in [0.25, 0.3) is 5.91 Å². The normalized spacial score (nSPS) is 14.8. The molecule has 1 fully saturated rings. The minimum Gasteiger partial charge on any atom is -0.346 e. The van der Waals surface area contributed by atoms with Gasteiger partial charge in [-0.3, -0.25) is 9.59 Å². The van der Waals surface area contributed by atoms with Crippen LogP contribution in [0.15, 0.2) is 48.5 Å². The van der Waals surface area contributed by atoms with E-state index in [-0.39, 0.29) is 29.6 Å². The van der Waals surface area contributed by atoms with Crippen molar-refractivity contribution in [3.05, 3.63) is 65.5 Å². The van der Waals surface area contributed by atoms with Crippen LogP contribution in [0.2, 0.25) is 0 Å². The third-order valence-electron chi connectivity index (χ3n) is 4.08. The molecule has 0 aliphatic heterocycles. The van der Waals surface area contributed by atoms with E-state index < -0.39 is 0 Å². The SMILES string of the molecule is C[C@H](NC(=O)c1ccc(NC(=O)C2CC2)cc1)c1ccc(F)cc1. The van der Waals surface area contributed by atoms with E-state index in [0.717, 1.165) is 18.4 Å². The molecule has 2 amide bonds. The fraction of sp³-hybridized carbons (Fsp3) is 0.263. The Morgan fingerprint density at radius 1 is 1.04 bits per heavy atom. The lowest BCUT2D eigenvalue weighted by Crippen LogP contribution is -2.26. The average Bonchev–Trinajstić information content (AvgIpc) is 3.41. The lowest BCUT2D eigenvalue weighted by atomic mass is 10.1. The molecule has 3 rings (SSSR count). The van der Waals surface area contributed by atoms with E-state index in [4.69, 9.17) is 0 Å². The van der Waals surface area contributed by atoms with Crippen molar-refractivity contribution >= 4 is 17.5 Å². The molecule has 0 spiro atoms. The largest absolute Gasteiger partial charge is 0.346 e. The summed E-state index contributed by atoms with van der Waals surface area (Å²) in [4.78, 5) is 24.0. The molecular formula is C19H19FN2O2. The first-order valence-electron chi connectivity index (χ1n) is 8.00. The molecule has 1 aliphatic carbocycles. The molecule has 2 aromatic carbocycles. The molecule has 0 aromatic heterocycles. The second-order valence-corrected chi connectivity index (χ2v) is 6.09. The predicted molar refractivity (Wildman–Crippen MR) is 90.1 cm³/mol. The second kappa shape index (κ2) is 6.83. The maximum atomic E-state index is 12.9. The van der Waals surface area contributed by atoms with Crippen LogP contribution in [0.25, 0.3) is 0 Å². The maximum absolute atomic E-state index is 12.9. The highest BCUT2D eigenvalue weighted by Gasteiger charge is 2.29. The van der Waals surface area contributed by atoms with E-state index in [2.05, 4.69) is 10.6 Å². The summed E-state index contributed by atoms with van der Waals surface area (Å²) in [5.41, 5.74) is 2.03. The standard InChI is InChI=1S/C19H19FN2O2/c1-12(13-4-8-16(20)9-5-13)21-18(23)15-6-10-17(11-7-15)22-19(24)14-2-3-14/h4-12,14H,2-3H2,1H3,(H,21,23)(H,22,24)/t12-/m0/s1. The lowest BCUT2D eigenvalue weighted by Gasteiger charge is -2.14. The number of carbonyl (C=O) groups excluding carboxylic acids is 2. The molecule has 0 heterocycles. The molecule has 2 aromatic rings. The van der Waals surface area contributed by atoms with Gasteiger partial charge in [0.2, 0.25) is 5.91 Å². The molecule has 124 valence electrons. The summed E-state index contributed by atoms with van der Waals surface area (Å²) >= 11 is 0. The van der Waals surface area contributed by atoms with E-state index in [1.165, 1.54) is 12.1 Å². The number of benzene rings is 2. The molecular weight excluding hydrogens is 307 g/mol. The molecule has 4 nitrogen and oxygen atoms in total. The number of carbonyl (C=O) groups is 2. The van der Waals surface area contributed by atoms with Crippen LogP contribution in [-0.4, -0.2) is 11.8 Å². The lowest BCUT2D eigenvalue weighted by molar-refractivity contribution is -0.117. The van der Waals surface area contributed by atoms with Crippen LogP contribution < -0.4 is 10.6 Å². The molecule has 2 N–H and O–H groups in total. The summed E-state index contributed by atoms with van der Waals surface area (Å²) in [6.45, 7) is 1.84. The first-order chi connectivity index (χ1) is 11.5. The number of rotatable bonds is 5. The Morgan fingerprint density at radius 2 is 1.67 bits per heavy atom. The van der Waals surface area contributed by atoms with Crippen LogP contribution in [0.5, 0.6) is 0 Å². The quantitative estimate of drug-likeness (QED) is 0.881. The Morgan fingerprint density at radius 3 is 2.25 bits per heavy atom. The van der Waals surface area contributed by atoms with Gasteiger partial charge in [0.1, 0.15) is 5.82 Å². The first kappa shape index (κ1) is 16.2. The zero-order chi connectivity index (χ0) is 17.1. The molecule has 0 saturated heterocycles. The highest BCUT2D eigenvalue weighted by atomic mass is 19.1. The van der Waals surface area contributed by atoms with E-state index in [1.807, 2.05) is 6.92 Å². The van der Waals surface area contributed by atoms with Crippen LogP contribution in [-0.2, 0) is 4.79 Å². The minimum absolute atomic E-state index is 0.0390. The van der Waals surface area contributed by atoms with Crippen LogP contribution in [0.1, 0.15) is 41.7 Å². The van der Waals surface area contributed by atoms with Crippen molar-refractivity contribution in [1.29, 1.82) is 0 Å². The molecule has 0 radical (unpaired) electrons. The Bertz CT molecular complexity index is 737. The topological polar surface area (TPSA) is 58.2 Å². The molecule has 24 heavy (non-hydrogen) atoms. The van der Waals surface area contributed by atoms with Gasteiger partial charge in [-0.15, -0.1) is 0 Å². The first-order valence-corrected chi connectivity index (χ1v) is 8.00. The molecule has 5 heteroatoms. The summed E-state index contributed by atoms with van der Waals surface area (Å²) in [7, 11) is 0. The molecule has 0 bridgehead atoms. The third kappa shape index (κ3) is 3.98. The number of hydrogen-bond donors (Lipinski definition) is 2. The van der Waals surface area contributed by atoms with Crippen molar-refractivity contribution in [2.24, 2.45) is 5.92 Å². The zero-order valence-corrected chi connectivity index (χ0v) is 13.4. The van der Waals surface area contributed by atoms with Gasteiger partial charge in [-0.25, -0.2) is 4.39 Å². The summed E-state index contributed by atoms with van der Waals surface area (Å²) in [5.74, 6) is -0.338. The maximum Gasteiger partial charge on any atom is 0.251 e. The second-order valence-electron chi connectivity index (χ2n) is 6.09. The Hall–Kier alpha value is -2.69. The monoisotopic (exact) mass is 326 g/mol. The number of hydrogen-bond acceptors (Lipinski definition) is 2. The fourth-order valence-electron chi connectivity index (χ4n) is 2.41. The number of nitrogens with one attached hydrogen (secondary N) is 2. The van der Waals surface area contributed by atoms with Crippen molar-refractivity contribution in [2.45, 2.75) is 25.8 Å². The van der Waals surface area contributed by atoms with Gasteiger partial charge in [-0.1, -0.05) is 12.1 Å². The minimum atomic E-state index is -0.305. The molecule has 0 unspecified atom stereocenters. The summed E-state index contributed by atoms with van der Waals surface area (Å²) in [5, 5.41) is 5.71. The van der Waals surface area contributed by atoms with Crippen molar-refractivity contribution < 1.29 is 14.0 Å². The van der Waals surface area contributed by atoms with Gasteiger partial charge in [0.15, 0.2) is 0 Å². The van der Waals surface area contributed by atoms with Crippen molar-refractivity contribution in [1.82, 2.24) is 5.32 Å². The van der Waals surface area contributed by atoms with Gasteiger partial charge < -0.3 is 10.6 Å². The van der Waals surface area contributed by atoms with Crippen molar-refractivity contribution in [3.63, 3.8) is 0 Å². The van der Waals surface area contributed by atoms with E-state index in [0.29, 0.717) is 11.3 Å². The third-order valence-corrected chi connectivity index (χ3v) is 4.08. The van der Waals surface area contributed by atoms with Gasteiger partial charge in [0, 0.05) is 17.2 Å². The Kier molecular flexibility index (Phi) is 4.60. The average molecular weight is 326 g/mol. The van der Waals surface area contributed by atoms with Crippen LogP contribution in [0.3, 0.4) is 0 Å². The number of anilines is 1. The summed E-state index contributed by atoms with van der Waals surface area (Å²) in [6.07, 6.45) is 1.90. The highest BCUT2D eigenvalue weighted by Crippen LogP contribution is 2.30. The molecule has 1 atom stereocenters. The Balaban J connectivity index is 1.59. The van der Waals surface area contributed by atoms with Crippen LogP contribution in [0, 0.1) is 11.7 Å². The molecule has 1 saturated carbocycles. The zero-order valence-electron chi connectivity index (χ0n) is 13.4. The van der Waals surface area contributed by atoms with Gasteiger partial charge >= 0.3 is 0 Å². The van der Waals surface area contributed by atoms with Gasteiger partial charge in [0.05, 0.1) is 6.04 Å². The van der Waals surface area contributed by atoms with Crippen molar-refractivity contribution in [2.75, 3.05) is 5.32 Å². The number of halogens is 1. The van der Waals surface area contributed by atoms with E-state index >= 15 is 0 Å². The van der Waals surface area contributed by atoms with Gasteiger partial charge in [-0.2, -0.15) is 0 Å². The smallest absolute Gasteiger partial charge is 0.251 e. The van der Waals surface area contributed by atoms with Crippen LogP contribution in [0.4, 0.5) is 10.1 Å².